The van der Waals surface area contributed by atoms with Crippen LogP contribution < -0.4 is 22.1 Å². The molecule has 7 aromatic rings. The van der Waals surface area contributed by atoms with Gasteiger partial charge < -0.3 is 36.6 Å². The molecular weight excluding hydrogens is 1030 g/mol. The van der Waals surface area contributed by atoms with Crippen molar-refractivity contribution in [3.63, 3.8) is 0 Å². The van der Waals surface area contributed by atoms with Gasteiger partial charge in [-0.1, -0.05) is 31.3 Å². The van der Waals surface area contributed by atoms with Crippen molar-refractivity contribution < 1.29 is 14.8 Å². The maximum absolute atomic E-state index is 10.7. The van der Waals surface area contributed by atoms with Gasteiger partial charge in [0.25, 0.3) is 28.8 Å². The summed E-state index contributed by atoms with van der Waals surface area (Å²) in [6.45, 7) is 25.2. The highest BCUT2D eigenvalue weighted by atomic mass is 79.9. The van der Waals surface area contributed by atoms with Crippen LogP contribution in [0, 0.1) is 70.8 Å². The number of hydrogen-bond acceptors (Lipinski definition) is 20. The summed E-state index contributed by atoms with van der Waals surface area (Å²) in [6, 6.07) is 6.35. The maximum atomic E-state index is 10.7. The van der Waals surface area contributed by atoms with Crippen molar-refractivity contribution in [2.45, 2.75) is 20.8 Å². The first-order chi connectivity index (χ1) is 31.8. The molecule has 0 saturated carbocycles. The summed E-state index contributed by atoms with van der Waals surface area (Å²) in [4.78, 5) is 77.4. The molecule has 0 spiro atoms. The molecule has 0 fully saturated rings. The second-order valence-corrected chi connectivity index (χ2v) is 14.2. The monoisotopic (exact) mass is 1050 g/mol. The number of pyridine rings is 4. The number of aryl methyl sites for hydroxylation is 3. The first-order valence-corrected chi connectivity index (χ1v) is 19.7. The van der Waals surface area contributed by atoms with Crippen molar-refractivity contribution >= 4 is 113 Å². The van der Waals surface area contributed by atoms with Crippen molar-refractivity contribution in [3.05, 3.63) is 182 Å². The van der Waals surface area contributed by atoms with E-state index in [4.69, 9.17) is 42.8 Å². The number of nitrogen functional groups attached to an aromatic ring is 2. The lowest BCUT2D eigenvalue weighted by molar-refractivity contribution is -0.385. The minimum Gasteiger partial charge on any atom is -0.397 e. The highest BCUT2D eigenvalue weighted by Gasteiger charge is 2.13. The van der Waals surface area contributed by atoms with Gasteiger partial charge in [-0.05, 0) is 82.5 Å². The average molecular weight is 1060 g/mol. The second kappa shape index (κ2) is 25.9. The summed E-state index contributed by atoms with van der Waals surface area (Å²) in [7, 11) is 0. The first kappa shape index (κ1) is 52.3. The molecule has 6 N–H and O–H groups in total. The van der Waals surface area contributed by atoms with Crippen LogP contribution in [0.15, 0.2) is 95.4 Å². The molecule has 0 aliphatic rings. The van der Waals surface area contributed by atoms with Crippen molar-refractivity contribution in [2.24, 2.45) is 0 Å². The van der Waals surface area contributed by atoms with E-state index in [0.29, 0.717) is 55.1 Å². The maximum Gasteiger partial charge on any atom is 0.306 e. The minimum absolute atomic E-state index is 0.0417. The fourth-order valence-electron chi connectivity index (χ4n) is 4.22. The lowest BCUT2D eigenvalue weighted by Crippen LogP contribution is -1.99. The van der Waals surface area contributed by atoms with E-state index in [9.17, 15) is 30.3 Å². The van der Waals surface area contributed by atoms with Crippen molar-refractivity contribution in [2.75, 3.05) is 22.1 Å². The Morgan fingerprint density at radius 2 is 0.896 bits per heavy atom. The van der Waals surface area contributed by atoms with Gasteiger partial charge in [0.15, 0.2) is 36.0 Å². The molecular formula is C38H29Br2ClN20O6. The Morgan fingerprint density at radius 1 is 0.507 bits per heavy atom. The molecule has 0 aliphatic heterocycles. The van der Waals surface area contributed by atoms with Crippen LogP contribution in [0.5, 0.6) is 0 Å². The van der Waals surface area contributed by atoms with E-state index < -0.39 is 14.8 Å². The Balaban J connectivity index is 0.000000229. The van der Waals surface area contributed by atoms with Gasteiger partial charge in [-0.15, -0.1) is 15.0 Å². The number of nitro groups is 3. The van der Waals surface area contributed by atoms with E-state index >= 15 is 0 Å². The van der Waals surface area contributed by atoms with Crippen LogP contribution in [0.1, 0.15) is 16.7 Å². The quantitative estimate of drug-likeness (QED) is 0.0499. The number of anilines is 6. The zero-order valence-corrected chi connectivity index (χ0v) is 38.4. The van der Waals surface area contributed by atoms with Crippen molar-refractivity contribution in [3.8, 4) is 0 Å². The van der Waals surface area contributed by atoms with Gasteiger partial charge in [0, 0.05) is 11.1 Å². The molecule has 0 aromatic carbocycles. The summed E-state index contributed by atoms with van der Waals surface area (Å²) in [5.41, 5.74) is 13.4. The summed E-state index contributed by atoms with van der Waals surface area (Å²) in [5, 5.41) is 37.1. The molecule has 0 bridgehead atoms. The SMILES string of the molecule is Cc1cc(Br)ncc1[N+](=O)[O-].O=[N+]([O-])c1cnc(Br)cc1Cl.[C-]#[N+]c1cnc(N)cn1.[C-]#[N+]c1cnc(Nc2cc(C)c(N)cn2)cn1.[C-]#[N+]c1cnc(Nc2cc(C)c([N+](=O)[O-])cn2)cn1. The number of nitrogens with two attached hydrogens (primary N) is 2. The number of hydrogen-bond donors (Lipinski definition) is 4. The van der Waals surface area contributed by atoms with Crippen LogP contribution in [0.4, 0.5) is 69.3 Å². The summed E-state index contributed by atoms with van der Waals surface area (Å²) in [6.07, 6.45) is 13.4. The van der Waals surface area contributed by atoms with E-state index in [1.165, 1.54) is 55.6 Å². The Bertz CT molecular complexity index is 2930. The average Bonchev–Trinajstić information content (AvgIpc) is 3.29. The van der Waals surface area contributed by atoms with Gasteiger partial charge >= 0.3 is 5.69 Å². The Kier molecular flexibility index (Phi) is 20.2. The van der Waals surface area contributed by atoms with Gasteiger partial charge in [0.2, 0.25) is 0 Å². The molecule has 67 heavy (non-hydrogen) atoms. The molecule has 0 unspecified atom stereocenters. The van der Waals surface area contributed by atoms with Crippen molar-refractivity contribution in [1.29, 1.82) is 0 Å². The predicted octanol–water partition coefficient (Wildman–Crippen LogP) is 9.52. The number of rotatable bonds is 7. The highest BCUT2D eigenvalue weighted by molar-refractivity contribution is 9.10. The lowest BCUT2D eigenvalue weighted by Gasteiger charge is -2.05. The molecule has 338 valence electrons. The zero-order valence-electron chi connectivity index (χ0n) is 34.5. The smallest absolute Gasteiger partial charge is 0.306 e. The van der Waals surface area contributed by atoms with Crippen LogP contribution in [0.25, 0.3) is 14.5 Å². The zero-order chi connectivity index (χ0) is 49.6. The molecule has 7 aromatic heterocycles. The minimum atomic E-state index is -0.582. The van der Waals surface area contributed by atoms with Crippen LogP contribution in [-0.2, 0) is 0 Å². The standard InChI is InChI=1S/C11H8N6O2.C11H10N6.C6H5BrN2O2.C5H2BrClN2O2.C5H4N4/c1-7-3-9(13-4-8(7)17(18)19)16-11-6-14-10(12-2)5-15-11;1-7-3-9(14-4-8(7)12)17-11-6-15-10(13-2)5-16-11;1-4-2-6(7)8-3-5(4)9(10)11;6-5-1-3(7)4(2-8-5)9(10)11;1-7-5-3-8-4(6)2-9-5/h3-6H,1H3,(H,13,15,16);3-6H,12H2,1H3,(H,14,16,17);2-3H,1H3;1-2H;2-3H,(H2,6,8). The van der Waals surface area contributed by atoms with Crippen LogP contribution in [-0.4, -0.2) is 64.6 Å². The lowest BCUT2D eigenvalue weighted by atomic mass is 10.2. The number of halogens is 3. The fourth-order valence-corrected chi connectivity index (χ4v) is 5.35. The third-order valence-electron chi connectivity index (χ3n) is 7.47. The Hall–Kier alpha value is -9.04. The van der Waals surface area contributed by atoms with Gasteiger partial charge in [0.05, 0.1) is 45.2 Å². The largest absolute Gasteiger partial charge is 0.397 e. The molecule has 26 nitrogen and oxygen atoms in total. The van der Waals surface area contributed by atoms with E-state index in [2.05, 4.69) is 107 Å². The van der Waals surface area contributed by atoms with E-state index in [1.54, 1.807) is 32.2 Å². The van der Waals surface area contributed by atoms with Gasteiger partial charge in [-0.2, -0.15) is 0 Å². The third kappa shape index (κ3) is 17.6. The van der Waals surface area contributed by atoms with Gasteiger partial charge in [-0.25, -0.2) is 34.9 Å². The van der Waals surface area contributed by atoms with Crippen LogP contribution >= 0.6 is 43.5 Å². The number of aromatic nitrogens is 10. The first-order valence-electron chi connectivity index (χ1n) is 17.8. The number of nitrogens with zero attached hydrogens (tertiary/aromatic N) is 16. The second-order valence-electron chi connectivity index (χ2n) is 12.2. The molecule has 0 amide bonds. The molecule has 7 heterocycles. The highest BCUT2D eigenvalue weighted by Crippen LogP contribution is 2.25. The fraction of sp³-hybridized carbons (Fsp3) is 0.0789. The summed E-state index contributed by atoms with van der Waals surface area (Å²) < 4.78 is 1.09. The summed E-state index contributed by atoms with van der Waals surface area (Å²) >= 11 is 11.7. The molecule has 7 rings (SSSR count). The molecule has 0 aliphatic carbocycles. The Morgan fingerprint density at radius 3 is 1.27 bits per heavy atom. The van der Waals surface area contributed by atoms with Gasteiger partial charge in [-0.3, -0.25) is 30.3 Å². The van der Waals surface area contributed by atoms with E-state index in [1.807, 2.05) is 13.0 Å². The van der Waals surface area contributed by atoms with Crippen LogP contribution in [0.2, 0.25) is 5.02 Å². The third-order valence-corrected chi connectivity index (χ3v) is 8.64. The van der Waals surface area contributed by atoms with Crippen molar-refractivity contribution in [1.82, 2.24) is 49.8 Å². The molecule has 0 atom stereocenters. The molecule has 0 saturated heterocycles. The summed E-state index contributed by atoms with van der Waals surface area (Å²) in [5.74, 6) is 3.07. The van der Waals surface area contributed by atoms with Crippen LogP contribution in [0.3, 0.4) is 0 Å². The number of nitrogens with one attached hydrogen (secondary N) is 2. The Labute approximate surface area is 400 Å². The molecule has 29 heteroatoms. The van der Waals surface area contributed by atoms with E-state index in [-0.39, 0.29) is 39.5 Å². The topological polar surface area (TPSA) is 347 Å². The van der Waals surface area contributed by atoms with E-state index in [0.717, 1.165) is 11.8 Å². The predicted molar refractivity (Wildman–Crippen MR) is 252 cm³/mol. The van der Waals surface area contributed by atoms with Gasteiger partial charge in [0.1, 0.15) is 44.5 Å². The normalized spacial score (nSPS) is 9.48. The molecule has 0 radical (unpaired) electrons.